The first kappa shape index (κ1) is 21.1. The molecule has 7 heteroatoms. The van der Waals surface area contributed by atoms with Gasteiger partial charge in [0, 0.05) is 24.4 Å². The Morgan fingerprint density at radius 2 is 2.00 bits per heavy atom. The van der Waals surface area contributed by atoms with Crippen molar-refractivity contribution in [3.05, 3.63) is 24.3 Å². The van der Waals surface area contributed by atoms with Gasteiger partial charge in [-0.1, -0.05) is 25.3 Å². The lowest BCUT2D eigenvalue weighted by Crippen LogP contribution is -2.33. The first-order chi connectivity index (χ1) is 12.4. The summed E-state index contributed by atoms with van der Waals surface area (Å²) in [5.41, 5.74) is 0.655. The second-order valence-corrected chi connectivity index (χ2v) is 9.73. The summed E-state index contributed by atoms with van der Waals surface area (Å²) in [5.74, 6) is 0.622. The molecule has 146 valence electrons. The predicted octanol–water partition coefficient (Wildman–Crippen LogP) is 3.65. The van der Waals surface area contributed by atoms with Crippen LogP contribution in [0.3, 0.4) is 0 Å². The van der Waals surface area contributed by atoms with Crippen LogP contribution in [0.2, 0.25) is 0 Å². The number of anilines is 1. The lowest BCUT2D eigenvalue weighted by molar-refractivity contribution is -0.121. The van der Waals surface area contributed by atoms with Crippen molar-refractivity contribution in [2.24, 2.45) is 5.92 Å². The van der Waals surface area contributed by atoms with Crippen LogP contribution in [0.4, 0.5) is 5.69 Å². The number of nitrogens with one attached hydrogen (secondary N) is 1. The Balaban J connectivity index is 1.84. The molecule has 1 saturated carbocycles. The molecular formula is C19H30N2O3S2. The van der Waals surface area contributed by atoms with E-state index < -0.39 is 10.0 Å². The Hall–Kier alpha value is -1.21. The highest BCUT2D eigenvalue weighted by Gasteiger charge is 2.18. The average molecular weight is 399 g/mol. The number of carbonyl (C=O) groups is 1. The molecule has 5 nitrogen and oxygen atoms in total. The van der Waals surface area contributed by atoms with Gasteiger partial charge in [0.25, 0.3) is 0 Å². The Morgan fingerprint density at radius 3 is 2.65 bits per heavy atom. The van der Waals surface area contributed by atoms with Crippen LogP contribution in [0.5, 0.6) is 0 Å². The van der Waals surface area contributed by atoms with Crippen molar-refractivity contribution >= 4 is 33.4 Å². The van der Waals surface area contributed by atoms with Crippen LogP contribution in [-0.2, 0) is 14.8 Å². The molecule has 0 heterocycles. The molecule has 1 aromatic rings. The van der Waals surface area contributed by atoms with Gasteiger partial charge in [-0.2, -0.15) is 0 Å². The van der Waals surface area contributed by atoms with Crippen LogP contribution >= 0.6 is 11.8 Å². The Morgan fingerprint density at radius 1 is 1.27 bits per heavy atom. The van der Waals surface area contributed by atoms with Crippen molar-refractivity contribution in [2.75, 3.05) is 29.9 Å². The van der Waals surface area contributed by atoms with E-state index in [-0.39, 0.29) is 5.91 Å². The van der Waals surface area contributed by atoms with Gasteiger partial charge in [-0.05, 0) is 49.6 Å². The summed E-state index contributed by atoms with van der Waals surface area (Å²) in [6.07, 6.45) is 10.3. The van der Waals surface area contributed by atoms with Crippen LogP contribution in [0.25, 0.3) is 0 Å². The Kier molecular flexibility index (Phi) is 8.28. The molecule has 1 amide bonds. The van der Waals surface area contributed by atoms with E-state index in [0.29, 0.717) is 31.0 Å². The summed E-state index contributed by atoms with van der Waals surface area (Å²) in [7, 11) is -3.38. The van der Waals surface area contributed by atoms with Gasteiger partial charge in [0.2, 0.25) is 15.9 Å². The number of nitrogens with zero attached hydrogens (tertiary/aromatic N) is 1. The summed E-state index contributed by atoms with van der Waals surface area (Å²) in [6.45, 7) is 1.07. The van der Waals surface area contributed by atoms with Gasteiger partial charge in [-0.15, -0.1) is 11.8 Å². The zero-order chi connectivity index (χ0) is 19.0. The van der Waals surface area contributed by atoms with E-state index in [0.717, 1.165) is 11.4 Å². The molecule has 0 spiro atoms. The van der Waals surface area contributed by atoms with Crippen molar-refractivity contribution in [2.45, 2.75) is 49.8 Å². The smallest absolute Gasteiger partial charge is 0.232 e. The standard InChI is InChI=1S/C19H30N2O3S2/c1-25-18-11-6-10-17(14-18)21(26(2,23)24)13-7-12-19(22)20-15-16-8-4-3-5-9-16/h6,10-11,14,16H,3-5,7-9,12-13,15H2,1-2H3,(H,20,22). The van der Waals surface area contributed by atoms with Gasteiger partial charge in [0.15, 0.2) is 0 Å². The van der Waals surface area contributed by atoms with Gasteiger partial charge in [0.05, 0.1) is 11.9 Å². The number of carbonyl (C=O) groups excluding carboxylic acids is 1. The number of hydrogen-bond acceptors (Lipinski definition) is 4. The van der Waals surface area contributed by atoms with Gasteiger partial charge in [0.1, 0.15) is 0 Å². The fourth-order valence-corrected chi connectivity index (χ4v) is 4.78. The van der Waals surface area contributed by atoms with Gasteiger partial charge in [-0.3, -0.25) is 9.10 Å². The number of rotatable bonds is 9. The molecule has 0 saturated heterocycles. The third-order valence-electron chi connectivity index (χ3n) is 4.82. The zero-order valence-corrected chi connectivity index (χ0v) is 17.4. The summed E-state index contributed by atoms with van der Waals surface area (Å²) in [4.78, 5) is 13.1. The summed E-state index contributed by atoms with van der Waals surface area (Å²) in [6, 6.07) is 7.47. The van der Waals surface area contributed by atoms with E-state index in [1.54, 1.807) is 17.8 Å². The van der Waals surface area contributed by atoms with Gasteiger partial charge in [-0.25, -0.2) is 8.42 Å². The van der Waals surface area contributed by atoms with Gasteiger partial charge < -0.3 is 5.32 Å². The molecule has 0 bridgehead atoms. The van der Waals surface area contributed by atoms with Crippen LogP contribution in [0, 0.1) is 5.92 Å². The van der Waals surface area contributed by atoms with E-state index >= 15 is 0 Å². The Bertz CT molecular complexity index is 686. The van der Waals surface area contributed by atoms with E-state index in [2.05, 4.69) is 5.32 Å². The lowest BCUT2D eigenvalue weighted by atomic mass is 9.89. The minimum Gasteiger partial charge on any atom is -0.356 e. The highest BCUT2D eigenvalue weighted by molar-refractivity contribution is 7.98. The first-order valence-corrected chi connectivity index (χ1v) is 12.4. The molecule has 1 aromatic carbocycles. The molecule has 0 unspecified atom stereocenters. The number of hydrogen-bond donors (Lipinski definition) is 1. The number of amides is 1. The van der Waals surface area contributed by atoms with Crippen LogP contribution in [0.1, 0.15) is 44.9 Å². The highest BCUT2D eigenvalue weighted by Crippen LogP contribution is 2.25. The van der Waals surface area contributed by atoms with Crippen LogP contribution in [-0.4, -0.2) is 39.9 Å². The van der Waals surface area contributed by atoms with Crippen molar-refractivity contribution in [1.82, 2.24) is 5.32 Å². The van der Waals surface area contributed by atoms with E-state index in [9.17, 15) is 13.2 Å². The number of sulfonamides is 1. The minimum atomic E-state index is -3.38. The van der Waals surface area contributed by atoms with Gasteiger partial charge >= 0.3 is 0 Å². The molecule has 0 atom stereocenters. The average Bonchev–Trinajstić information content (AvgIpc) is 2.63. The monoisotopic (exact) mass is 398 g/mol. The number of thioether (sulfide) groups is 1. The SMILES string of the molecule is CSc1cccc(N(CCCC(=O)NCC2CCCCC2)S(C)(=O)=O)c1. The largest absolute Gasteiger partial charge is 0.356 e. The molecule has 2 rings (SSSR count). The lowest BCUT2D eigenvalue weighted by Gasteiger charge is -2.23. The van der Waals surface area contributed by atoms with Crippen LogP contribution < -0.4 is 9.62 Å². The van der Waals surface area contributed by atoms with Crippen molar-refractivity contribution in [3.63, 3.8) is 0 Å². The molecule has 26 heavy (non-hydrogen) atoms. The maximum atomic E-state index is 12.2. The van der Waals surface area contributed by atoms with Crippen molar-refractivity contribution in [3.8, 4) is 0 Å². The fraction of sp³-hybridized carbons (Fsp3) is 0.632. The molecule has 1 N–H and O–H groups in total. The van der Waals surface area contributed by atoms with E-state index in [4.69, 9.17) is 0 Å². The van der Waals surface area contributed by atoms with Crippen molar-refractivity contribution < 1.29 is 13.2 Å². The third kappa shape index (κ3) is 6.83. The zero-order valence-electron chi connectivity index (χ0n) is 15.7. The summed E-state index contributed by atoms with van der Waals surface area (Å²) in [5, 5.41) is 3.01. The molecule has 0 radical (unpaired) electrons. The molecule has 0 aromatic heterocycles. The fourth-order valence-electron chi connectivity index (χ4n) is 3.37. The molecule has 1 aliphatic rings. The quantitative estimate of drug-likeness (QED) is 0.645. The molecule has 0 aliphatic heterocycles. The Labute approximate surface area is 162 Å². The summed E-state index contributed by atoms with van der Waals surface area (Å²) >= 11 is 1.57. The third-order valence-corrected chi connectivity index (χ3v) is 6.74. The first-order valence-electron chi connectivity index (χ1n) is 9.28. The van der Waals surface area contributed by atoms with E-state index in [1.165, 1.54) is 42.7 Å². The second kappa shape index (κ2) is 10.2. The van der Waals surface area contributed by atoms with E-state index in [1.807, 2.05) is 24.5 Å². The topological polar surface area (TPSA) is 66.5 Å². The minimum absolute atomic E-state index is 0.0156. The number of benzene rings is 1. The molecule has 1 aliphatic carbocycles. The highest BCUT2D eigenvalue weighted by atomic mass is 32.2. The molecule has 1 fully saturated rings. The molecular weight excluding hydrogens is 368 g/mol. The normalized spacial score (nSPS) is 15.6. The van der Waals surface area contributed by atoms with Crippen LogP contribution in [0.15, 0.2) is 29.2 Å². The van der Waals surface area contributed by atoms with Crippen molar-refractivity contribution in [1.29, 1.82) is 0 Å². The predicted molar refractivity (Wildman–Crippen MR) is 109 cm³/mol. The maximum Gasteiger partial charge on any atom is 0.232 e. The summed E-state index contributed by atoms with van der Waals surface area (Å²) < 4.78 is 25.7. The maximum absolute atomic E-state index is 12.2. The second-order valence-electron chi connectivity index (χ2n) is 6.95.